The van der Waals surface area contributed by atoms with Gasteiger partial charge in [-0.3, -0.25) is 9.36 Å². The second kappa shape index (κ2) is 8.77. The molecular weight excluding hydrogens is 418 g/mol. The van der Waals surface area contributed by atoms with Crippen LogP contribution in [0.25, 0.3) is 22.0 Å². The minimum Gasteiger partial charge on any atom is -0.393 e. The summed E-state index contributed by atoms with van der Waals surface area (Å²) in [6, 6.07) is 16.9. The number of aliphatic hydroxyl groups excluding tert-OH is 1. The molecule has 0 aliphatic rings. The van der Waals surface area contributed by atoms with Crippen molar-refractivity contribution >= 4 is 10.9 Å². The highest BCUT2D eigenvalue weighted by molar-refractivity contribution is 5.87. The average molecular weight is 446 g/mol. The Morgan fingerprint density at radius 2 is 1.79 bits per heavy atom. The minimum atomic E-state index is -1.32. The summed E-state index contributed by atoms with van der Waals surface area (Å²) in [5, 5.41) is 11.2. The summed E-state index contributed by atoms with van der Waals surface area (Å²) < 4.78 is 9.04. The highest BCUT2D eigenvalue weighted by Crippen LogP contribution is 2.36. The Labute approximate surface area is 191 Å². The number of hydrogen-bond donors (Lipinski definition) is 1. The lowest BCUT2D eigenvalue weighted by Crippen LogP contribution is -2.38. The average Bonchev–Trinajstić information content (AvgIpc) is 2.84. The third-order valence-corrected chi connectivity index (χ3v) is 6.19. The maximum absolute atomic E-state index is 13.0. The van der Waals surface area contributed by atoms with Gasteiger partial charge in [-0.05, 0) is 48.7 Å². The molecule has 4 rings (SSSR count). The van der Waals surface area contributed by atoms with Gasteiger partial charge in [-0.25, -0.2) is 4.79 Å². The van der Waals surface area contributed by atoms with E-state index in [2.05, 4.69) is 4.98 Å². The Bertz CT molecular complexity index is 1410. The van der Waals surface area contributed by atoms with Crippen molar-refractivity contribution in [3.63, 3.8) is 0 Å². The summed E-state index contributed by atoms with van der Waals surface area (Å²) in [4.78, 5) is 29.5. The molecule has 2 aromatic carbocycles. The van der Waals surface area contributed by atoms with E-state index in [-0.39, 0.29) is 5.56 Å². The van der Waals surface area contributed by atoms with Gasteiger partial charge in [0.25, 0.3) is 5.56 Å². The lowest BCUT2D eigenvalue weighted by atomic mass is 9.87. The zero-order chi connectivity index (χ0) is 23.8. The summed E-state index contributed by atoms with van der Waals surface area (Å²) in [6.07, 6.45) is 1.78. The number of pyridine rings is 1. The SMILES string of the molecule is CCn1c(=O)nc(C(CO)(OC)c2ccccc2)c2cc(-c3cc(C)c(=O)n(C)c3)ccc21. The Kier molecular flexibility index (Phi) is 6.01. The van der Waals surface area contributed by atoms with Crippen molar-refractivity contribution in [2.45, 2.75) is 26.0 Å². The molecule has 0 amide bonds. The van der Waals surface area contributed by atoms with E-state index in [1.807, 2.05) is 61.5 Å². The molecule has 0 radical (unpaired) electrons. The van der Waals surface area contributed by atoms with Crippen molar-refractivity contribution in [1.29, 1.82) is 0 Å². The molecular formula is C26H27N3O4. The fraction of sp³-hybridized carbons (Fsp3) is 0.269. The predicted molar refractivity (Wildman–Crippen MR) is 128 cm³/mol. The number of ether oxygens (including phenoxy) is 1. The fourth-order valence-electron chi connectivity index (χ4n) is 4.40. The van der Waals surface area contributed by atoms with Crippen LogP contribution in [0.15, 0.2) is 70.4 Å². The number of aliphatic hydroxyl groups is 1. The number of aromatic nitrogens is 3. The Hall–Kier alpha value is -3.55. The lowest BCUT2D eigenvalue weighted by molar-refractivity contribution is -0.0264. The molecule has 1 atom stereocenters. The first-order chi connectivity index (χ1) is 15.9. The van der Waals surface area contributed by atoms with Gasteiger partial charge < -0.3 is 14.4 Å². The summed E-state index contributed by atoms with van der Waals surface area (Å²) in [7, 11) is 3.22. The molecule has 0 spiro atoms. The van der Waals surface area contributed by atoms with Crippen LogP contribution in [0.2, 0.25) is 0 Å². The van der Waals surface area contributed by atoms with E-state index in [0.29, 0.717) is 34.3 Å². The predicted octanol–water partition coefficient (Wildman–Crippen LogP) is 2.97. The molecule has 1 N–H and O–H groups in total. The molecule has 2 heterocycles. The van der Waals surface area contributed by atoms with Crippen LogP contribution in [0.5, 0.6) is 0 Å². The van der Waals surface area contributed by atoms with Crippen molar-refractivity contribution < 1.29 is 9.84 Å². The minimum absolute atomic E-state index is 0.0514. The topological polar surface area (TPSA) is 86.4 Å². The van der Waals surface area contributed by atoms with E-state index in [0.717, 1.165) is 11.1 Å². The standard InChI is InChI=1S/C26H27N3O4/c1-5-29-22-12-11-18(19-13-17(2)24(31)28(3)15-19)14-21(22)23(27-25(29)32)26(16-30,33-4)20-9-7-6-8-10-20/h6-15,30H,5,16H2,1-4H3. The third kappa shape index (κ3) is 3.69. The van der Waals surface area contributed by atoms with E-state index in [4.69, 9.17) is 4.74 Å². The zero-order valence-corrected chi connectivity index (χ0v) is 19.2. The highest BCUT2D eigenvalue weighted by atomic mass is 16.5. The number of hydrogen-bond acceptors (Lipinski definition) is 5. The molecule has 2 aromatic heterocycles. The molecule has 0 saturated heterocycles. The summed E-state index contributed by atoms with van der Waals surface area (Å²) in [5.41, 5.74) is 2.34. The first-order valence-corrected chi connectivity index (χ1v) is 10.8. The number of aryl methyl sites for hydroxylation is 3. The molecule has 0 aliphatic heterocycles. The van der Waals surface area contributed by atoms with Crippen molar-refractivity contribution in [3.05, 3.63) is 98.5 Å². The van der Waals surface area contributed by atoms with Gasteiger partial charge in [0.2, 0.25) is 0 Å². The van der Waals surface area contributed by atoms with Crippen molar-refractivity contribution in [2.24, 2.45) is 7.05 Å². The lowest BCUT2D eigenvalue weighted by Gasteiger charge is -2.31. The number of fused-ring (bicyclic) bond motifs is 1. The van der Waals surface area contributed by atoms with Gasteiger partial charge in [0.05, 0.1) is 17.8 Å². The normalized spacial score (nSPS) is 13.2. The van der Waals surface area contributed by atoms with Crippen LogP contribution in [0.1, 0.15) is 23.7 Å². The first kappa shape index (κ1) is 22.6. The fourth-order valence-corrected chi connectivity index (χ4v) is 4.40. The van der Waals surface area contributed by atoms with E-state index in [9.17, 15) is 14.7 Å². The van der Waals surface area contributed by atoms with E-state index in [1.54, 1.807) is 29.3 Å². The Balaban J connectivity index is 2.09. The molecule has 33 heavy (non-hydrogen) atoms. The van der Waals surface area contributed by atoms with Crippen LogP contribution >= 0.6 is 0 Å². The smallest absolute Gasteiger partial charge is 0.348 e. The van der Waals surface area contributed by atoms with E-state index < -0.39 is 17.9 Å². The molecule has 0 bridgehead atoms. The van der Waals surface area contributed by atoms with Crippen LogP contribution in [0.4, 0.5) is 0 Å². The molecule has 4 aromatic rings. The summed E-state index contributed by atoms with van der Waals surface area (Å²) >= 11 is 0. The monoisotopic (exact) mass is 445 g/mol. The van der Waals surface area contributed by atoms with Crippen LogP contribution in [0, 0.1) is 6.92 Å². The van der Waals surface area contributed by atoms with Gasteiger partial charge in [-0.2, -0.15) is 4.98 Å². The van der Waals surface area contributed by atoms with Gasteiger partial charge in [-0.1, -0.05) is 36.4 Å². The quantitative estimate of drug-likeness (QED) is 0.493. The Morgan fingerprint density at radius 1 is 1.06 bits per heavy atom. The second-order valence-electron chi connectivity index (χ2n) is 8.10. The van der Waals surface area contributed by atoms with Crippen LogP contribution in [-0.4, -0.2) is 32.9 Å². The molecule has 0 aliphatic carbocycles. The van der Waals surface area contributed by atoms with Crippen LogP contribution in [0.3, 0.4) is 0 Å². The molecule has 0 saturated carbocycles. The highest BCUT2D eigenvalue weighted by Gasteiger charge is 2.38. The summed E-state index contributed by atoms with van der Waals surface area (Å²) in [5.74, 6) is 0. The number of benzene rings is 2. The first-order valence-electron chi connectivity index (χ1n) is 10.8. The zero-order valence-electron chi connectivity index (χ0n) is 19.2. The van der Waals surface area contributed by atoms with E-state index in [1.165, 1.54) is 7.11 Å². The second-order valence-corrected chi connectivity index (χ2v) is 8.10. The maximum atomic E-state index is 13.0. The third-order valence-electron chi connectivity index (χ3n) is 6.19. The summed E-state index contributed by atoms with van der Waals surface area (Å²) in [6.45, 7) is 3.73. The number of methoxy groups -OCH3 is 1. The molecule has 7 nitrogen and oxygen atoms in total. The largest absolute Gasteiger partial charge is 0.393 e. The molecule has 170 valence electrons. The number of rotatable bonds is 6. The van der Waals surface area contributed by atoms with Crippen molar-refractivity contribution in [2.75, 3.05) is 13.7 Å². The van der Waals surface area contributed by atoms with Gasteiger partial charge in [0.1, 0.15) is 0 Å². The van der Waals surface area contributed by atoms with Gasteiger partial charge >= 0.3 is 5.69 Å². The molecule has 1 unspecified atom stereocenters. The maximum Gasteiger partial charge on any atom is 0.348 e. The molecule has 0 fully saturated rings. The van der Waals surface area contributed by atoms with Gasteiger partial charge in [-0.15, -0.1) is 0 Å². The van der Waals surface area contributed by atoms with Crippen LogP contribution < -0.4 is 11.2 Å². The Morgan fingerprint density at radius 3 is 2.39 bits per heavy atom. The van der Waals surface area contributed by atoms with Crippen molar-refractivity contribution in [1.82, 2.24) is 14.1 Å². The molecule has 7 heteroatoms. The van der Waals surface area contributed by atoms with Crippen molar-refractivity contribution in [3.8, 4) is 11.1 Å². The van der Waals surface area contributed by atoms with Gasteiger partial charge in [0, 0.05) is 37.8 Å². The van der Waals surface area contributed by atoms with E-state index >= 15 is 0 Å². The number of nitrogens with zero attached hydrogens (tertiary/aromatic N) is 3. The van der Waals surface area contributed by atoms with Crippen LogP contribution in [-0.2, 0) is 23.9 Å². The van der Waals surface area contributed by atoms with Gasteiger partial charge in [0.15, 0.2) is 5.60 Å².